The van der Waals surface area contributed by atoms with Crippen molar-refractivity contribution in [3.8, 4) is 0 Å². The maximum Gasteiger partial charge on any atom is 0.0324 e. The zero-order chi connectivity index (χ0) is 13.8. The molecule has 0 aromatic heterocycles. The quantitative estimate of drug-likeness (QED) is 0.891. The summed E-state index contributed by atoms with van der Waals surface area (Å²) in [5.74, 6) is 0. The van der Waals surface area contributed by atoms with Crippen LogP contribution in [0, 0.1) is 6.92 Å². The summed E-state index contributed by atoms with van der Waals surface area (Å²) in [5.41, 5.74) is 2.79. The summed E-state index contributed by atoms with van der Waals surface area (Å²) < 4.78 is 0. The van der Waals surface area contributed by atoms with Crippen molar-refractivity contribution >= 4 is 0 Å². The predicted molar refractivity (Wildman–Crippen MR) is 82.5 cm³/mol. The van der Waals surface area contributed by atoms with Crippen LogP contribution in [0.4, 0.5) is 0 Å². The van der Waals surface area contributed by atoms with E-state index in [9.17, 15) is 0 Å². The van der Waals surface area contributed by atoms with E-state index in [1.54, 1.807) is 0 Å². The van der Waals surface area contributed by atoms with Crippen molar-refractivity contribution in [3.63, 3.8) is 0 Å². The van der Waals surface area contributed by atoms with Crippen LogP contribution in [0.25, 0.3) is 0 Å². The summed E-state index contributed by atoms with van der Waals surface area (Å²) in [7, 11) is 0. The Morgan fingerprint density at radius 1 is 1.21 bits per heavy atom. The Bertz CT molecular complexity index is 385. The fraction of sp³-hybridized carbons (Fsp3) is 0.647. The third kappa shape index (κ3) is 3.37. The molecule has 0 radical (unpaired) electrons. The highest BCUT2D eigenvalue weighted by atomic mass is 15.2. The van der Waals surface area contributed by atoms with Crippen LogP contribution in [0.2, 0.25) is 0 Å². The number of hydrogen-bond acceptors (Lipinski definition) is 2. The lowest BCUT2D eigenvalue weighted by Gasteiger charge is -2.43. The van der Waals surface area contributed by atoms with Crippen LogP contribution >= 0.6 is 0 Å². The van der Waals surface area contributed by atoms with E-state index in [0.29, 0.717) is 18.1 Å². The van der Waals surface area contributed by atoms with E-state index in [1.807, 2.05) is 0 Å². The van der Waals surface area contributed by atoms with Gasteiger partial charge in [-0.1, -0.05) is 43.7 Å². The molecular formula is C17H28N2. The van der Waals surface area contributed by atoms with Gasteiger partial charge in [0.2, 0.25) is 0 Å². The van der Waals surface area contributed by atoms with Crippen LogP contribution in [-0.4, -0.2) is 30.1 Å². The minimum absolute atomic E-state index is 0.515. The van der Waals surface area contributed by atoms with Crippen LogP contribution in [0.3, 0.4) is 0 Å². The van der Waals surface area contributed by atoms with Crippen LogP contribution < -0.4 is 5.32 Å². The molecule has 1 fully saturated rings. The van der Waals surface area contributed by atoms with Gasteiger partial charge in [0.25, 0.3) is 0 Å². The van der Waals surface area contributed by atoms with Crippen LogP contribution in [0.1, 0.15) is 50.8 Å². The highest BCUT2D eigenvalue weighted by Gasteiger charge is 2.29. The van der Waals surface area contributed by atoms with Gasteiger partial charge in [0.1, 0.15) is 0 Å². The second-order valence-electron chi connectivity index (χ2n) is 5.86. The van der Waals surface area contributed by atoms with E-state index in [-0.39, 0.29) is 0 Å². The number of rotatable bonds is 4. The Kier molecular flexibility index (Phi) is 5.00. The summed E-state index contributed by atoms with van der Waals surface area (Å²) in [6, 6.07) is 10.9. The average molecular weight is 260 g/mol. The van der Waals surface area contributed by atoms with E-state index in [0.717, 1.165) is 6.54 Å². The number of benzene rings is 1. The van der Waals surface area contributed by atoms with Crippen molar-refractivity contribution in [2.45, 2.75) is 58.7 Å². The number of hydrogen-bond donors (Lipinski definition) is 1. The van der Waals surface area contributed by atoms with Gasteiger partial charge < -0.3 is 5.32 Å². The molecule has 2 rings (SSSR count). The smallest absolute Gasteiger partial charge is 0.0324 e. The van der Waals surface area contributed by atoms with E-state index in [1.165, 1.54) is 30.5 Å². The number of aryl methyl sites for hydroxylation is 1. The van der Waals surface area contributed by atoms with Crippen molar-refractivity contribution in [1.29, 1.82) is 0 Å². The van der Waals surface area contributed by atoms with E-state index in [2.05, 4.69) is 62.2 Å². The molecule has 19 heavy (non-hydrogen) atoms. The largest absolute Gasteiger partial charge is 0.311 e. The molecule has 1 aliphatic heterocycles. The highest BCUT2D eigenvalue weighted by Crippen LogP contribution is 2.26. The van der Waals surface area contributed by atoms with Crippen LogP contribution in [0.5, 0.6) is 0 Å². The van der Waals surface area contributed by atoms with E-state index < -0.39 is 0 Å². The van der Waals surface area contributed by atoms with Crippen molar-refractivity contribution in [1.82, 2.24) is 10.2 Å². The maximum atomic E-state index is 3.67. The summed E-state index contributed by atoms with van der Waals surface area (Å²) in [6.07, 6.45) is 2.44. The Labute approximate surface area is 118 Å². The van der Waals surface area contributed by atoms with E-state index >= 15 is 0 Å². The summed E-state index contributed by atoms with van der Waals surface area (Å²) >= 11 is 0. The zero-order valence-electron chi connectivity index (χ0n) is 12.8. The Morgan fingerprint density at radius 3 is 2.47 bits per heavy atom. The fourth-order valence-electron chi connectivity index (χ4n) is 3.05. The molecule has 1 saturated heterocycles. The molecule has 1 N–H and O–H groups in total. The van der Waals surface area contributed by atoms with Gasteiger partial charge in [0.05, 0.1) is 0 Å². The monoisotopic (exact) mass is 260 g/mol. The summed E-state index contributed by atoms with van der Waals surface area (Å²) in [4.78, 5) is 2.69. The lowest BCUT2D eigenvalue weighted by atomic mass is 9.98. The van der Waals surface area contributed by atoms with Gasteiger partial charge in [0, 0.05) is 31.2 Å². The van der Waals surface area contributed by atoms with Gasteiger partial charge >= 0.3 is 0 Å². The first-order valence-electron chi connectivity index (χ1n) is 7.71. The molecule has 0 aliphatic carbocycles. The third-order valence-electron chi connectivity index (χ3n) is 4.56. The molecule has 0 saturated carbocycles. The highest BCUT2D eigenvalue weighted by molar-refractivity contribution is 5.24. The van der Waals surface area contributed by atoms with Gasteiger partial charge in [-0.05, 0) is 32.3 Å². The van der Waals surface area contributed by atoms with Gasteiger partial charge in [-0.15, -0.1) is 0 Å². The lowest BCUT2D eigenvalue weighted by Crippen LogP contribution is -2.56. The molecular weight excluding hydrogens is 232 g/mol. The fourth-order valence-corrected chi connectivity index (χ4v) is 3.05. The number of nitrogens with zero attached hydrogens (tertiary/aromatic N) is 1. The van der Waals surface area contributed by atoms with Crippen LogP contribution in [-0.2, 0) is 0 Å². The molecule has 3 atom stereocenters. The zero-order valence-corrected chi connectivity index (χ0v) is 12.8. The van der Waals surface area contributed by atoms with Crippen molar-refractivity contribution in [2.24, 2.45) is 0 Å². The standard InChI is InChI=1S/C17H28N2/c1-5-16-12-19(17(6-2)11-18-16)14(4)15-9-7-13(3)8-10-15/h7-10,14,16-18H,5-6,11-12H2,1-4H3. The molecule has 0 amide bonds. The molecule has 106 valence electrons. The Morgan fingerprint density at radius 2 is 1.89 bits per heavy atom. The number of piperazine rings is 1. The average Bonchev–Trinajstić information content (AvgIpc) is 2.46. The Balaban J connectivity index is 2.14. The summed E-state index contributed by atoms with van der Waals surface area (Å²) in [6.45, 7) is 11.4. The van der Waals surface area contributed by atoms with Gasteiger partial charge in [-0.2, -0.15) is 0 Å². The molecule has 1 heterocycles. The molecule has 0 spiro atoms. The minimum atomic E-state index is 0.515. The van der Waals surface area contributed by atoms with Gasteiger partial charge in [-0.25, -0.2) is 0 Å². The SMILES string of the molecule is CCC1CN(C(C)c2ccc(C)cc2)C(CC)CN1. The molecule has 1 aliphatic rings. The van der Waals surface area contributed by atoms with Crippen molar-refractivity contribution in [3.05, 3.63) is 35.4 Å². The second-order valence-corrected chi connectivity index (χ2v) is 5.86. The van der Waals surface area contributed by atoms with Crippen molar-refractivity contribution in [2.75, 3.05) is 13.1 Å². The Hall–Kier alpha value is -0.860. The first-order chi connectivity index (χ1) is 9.15. The molecule has 2 nitrogen and oxygen atoms in total. The van der Waals surface area contributed by atoms with Crippen LogP contribution in [0.15, 0.2) is 24.3 Å². The normalized spacial score (nSPS) is 26.3. The molecule has 1 aromatic carbocycles. The molecule has 1 aromatic rings. The van der Waals surface area contributed by atoms with Gasteiger partial charge in [-0.3, -0.25) is 4.90 Å². The molecule has 2 heteroatoms. The topological polar surface area (TPSA) is 15.3 Å². The molecule has 3 unspecified atom stereocenters. The number of nitrogens with one attached hydrogen (secondary N) is 1. The van der Waals surface area contributed by atoms with E-state index in [4.69, 9.17) is 0 Å². The lowest BCUT2D eigenvalue weighted by molar-refractivity contribution is 0.0850. The maximum absolute atomic E-state index is 3.67. The first-order valence-corrected chi connectivity index (χ1v) is 7.71. The molecule has 0 bridgehead atoms. The first kappa shape index (κ1) is 14.5. The van der Waals surface area contributed by atoms with Crippen molar-refractivity contribution < 1.29 is 0 Å². The van der Waals surface area contributed by atoms with Gasteiger partial charge in [0.15, 0.2) is 0 Å². The minimum Gasteiger partial charge on any atom is -0.311 e. The predicted octanol–water partition coefficient (Wildman–Crippen LogP) is 3.52. The third-order valence-corrected chi connectivity index (χ3v) is 4.56. The summed E-state index contributed by atoms with van der Waals surface area (Å²) in [5, 5.41) is 3.67. The second kappa shape index (κ2) is 6.53.